The Morgan fingerprint density at radius 3 is 2.71 bits per heavy atom. The van der Waals surface area contributed by atoms with Crippen LogP contribution in [0.15, 0.2) is 0 Å². The molecule has 0 saturated carbocycles. The Balaban J connectivity index is 2.71. The van der Waals surface area contributed by atoms with Crippen LogP contribution in [0.25, 0.3) is 0 Å². The van der Waals surface area contributed by atoms with Crippen molar-refractivity contribution in [3.8, 4) is 0 Å². The maximum atomic E-state index is 12.2. The quantitative estimate of drug-likeness (QED) is 0.690. The van der Waals surface area contributed by atoms with Gasteiger partial charge in [0.05, 0.1) is 6.61 Å². The van der Waals surface area contributed by atoms with Crippen molar-refractivity contribution in [1.82, 2.24) is 15.1 Å². The monoisotopic (exact) mass is 243 g/mol. The van der Waals surface area contributed by atoms with Gasteiger partial charge < -0.3 is 20.2 Å². The first-order valence-corrected chi connectivity index (χ1v) is 6.13. The number of amides is 1. The maximum absolute atomic E-state index is 12.2. The van der Waals surface area contributed by atoms with Gasteiger partial charge in [-0.3, -0.25) is 4.79 Å². The zero-order chi connectivity index (χ0) is 13.1. The van der Waals surface area contributed by atoms with Gasteiger partial charge in [0, 0.05) is 26.2 Å². The second-order valence-electron chi connectivity index (χ2n) is 5.84. The van der Waals surface area contributed by atoms with Crippen molar-refractivity contribution in [2.24, 2.45) is 5.41 Å². The number of hydrogen-bond donors (Lipinski definition) is 2. The molecule has 0 aliphatic carbocycles. The molecule has 0 spiro atoms. The van der Waals surface area contributed by atoms with Crippen molar-refractivity contribution < 1.29 is 9.90 Å². The highest BCUT2D eigenvalue weighted by Gasteiger charge is 2.33. The van der Waals surface area contributed by atoms with Crippen LogP contribution in [0.1, 0.15) is 13.8 Å². The molecule has 0 radical (unpaired) electrons. The van der Waals surface area contributed by atoms with Gasteiger partial charge in [-0.2, -0.15) is 0 Å². The van der Waals surface area contributed by atoms with E-state index in [1.807, 2.05) is 19.0 Å². The second kappa shape index (κ2) is 5.80. The molecule has 100 valence electrons. The predicted octanol–water partition coefficient (Wildman–Crippen LogP) is -0.633. The molecule has 2 N–H and O–H groups in total. The lowest BCUT2D eigenvalue weighted by atomic mass is 9.93. The van der Waals surface area contributed by atoms with E-state index in [4.69, 9.17) is 0 Å². The third kappa shape index (κ3) is 4.26. The number of rotatable bonds is 4. The van der Waals surface area contributed by atoms with E-state index in [0.29, 0.717) is 6.54 Å². The summed E-state index contributed by atoms with van der Waals surface area (Å²) in [4.78, 5) is 16.1. The van der Waals surface area contributed by atoms with Gasteiger partial charge >= 0.3 is 0 Å². The molecule has 5 nitrogen and oxygen atoms in total. The normalized spacial score (nSPS) is 25.2. The molecule has 1 fully saturated rings. The van der Waals surface area contributed by atoms with Gasteiger partial charge in [-0.1, -0.05) is 13.8 Å². The summed E-state index contributed by atoms with van der Waals surface area (Å²) in [5.41, 5.74) is 0.0475. The summed E-state index contributed by atoms with van der Waals surface area (Å²) in [5.74, 6) is 0.0138. The van der Waals surface area contributed by atoms with Crippen molar-refractivity contribution in [2.75, 3.05) is 46.9 Å². The van der Waals surface area contributed by atoms with Crippen LogP contribution in [0.2, 0.25) is 0 Å². The average molecular weight is 243 g/mol. The summed E-state index contributed by atoms with van der Waals surface area (Å²) >= 11 is 0. The number of aliphatic hydroxyl groups excluding tert-OH is 1. The second-order valence-corrected chi connectivity index (χ2v) is 5.84. The van der Waals surface area contributed by atoms with Crippen LogP contribution >= 0.6 is 0 Å². The fraction of sp³-hybridized carbons (Fsp3) is 0.917. The third-order valence-corrected chi connectivity index (χ3v) is 3.06. The molecular formula is C12H25N3O2. The SMILES string of the molecule is CN(C)CCN1CC(C)(C)CNC(CO)C1=O. The fourth-order valence-corrected chi connectivity index (χ4v) is 2.01. The molecule has 1 saturated heterocycles. The molecule has 1 aliphatic heterocycles. The van der Waals surface area contributed by atoms with Gasteiger partial charge in [0.15, 0.2) is 0 Å². The average Bonchev–Trinajstić information content (AvgIpc) is 2.34. The van der Waals surface area contributed by atoms with Crippen LogP contribution < -0.4 is 5.32 Å². The standard InChI is InChI=1S/C12H25N3O2/c1-12(2)8-13-10(7-16)11(17)15(9-12)6-5-14(3)4/h10,13,16H,5-9H2,1-4H3. The Kier molecular flexibility index (Phi) is 4.91. The molecule has 17 heavy (non-hydrogen) atoms. The van der Waals surface area contributed by atoms with E-state index >= 15 is 0 Å². The Bertz CT molecular complexity index is 266. The Labute approximate surface area is 104 Å². The van der Waals surface area contributed by atoms with Crippen molar-refractivity contribution in [3.05, 3.63) is 0 Å². The molecule has 1 unspecified atom stereocenters. The number of nitrogens with one attached hydrogen (secondary N) is 1. The van der Waals surface area contributed by atoms with Gasteiger partial charge in [-0.25, -0.2) is 0 Å². The Morgan fingerprint density at radius 2 is 2.18 bits per heavy atom. The summed E-state index contributed by atoms with van der Waals surface area (Å²) in [6.45, 7) is 7.19. The van der Waals surface area contributed by atoms with Gasteiger partial charge in [0.2, 0.25) is 5.91 Å². The van der Waals surface area contributed by atoms with Crippen molar-refractivity contribution in [2.45, 2.75) is 19.9 Å². The minimum Gasteiger partial charge on any atom is -0.394 e. The summed E-state index contributed by atoms with van der Waals surface area (Å²) in [7, 11) is 3.99. The van der Waals surface area contributed by atoms with Crippen molar-refractivity contribution in [3.63, 3.8) is 0 Å². The highest BCUT2D eigenvalue weighted by atomic mass is 16.3. The first-order valence-electron chi connectivity index (χ1n) is 6.13. The van der Waals surface area contributed by atoms with E-state index in [0.717, 1.165) is 19.6 Å². The largest absolute Gasteiger partial charge is 0.394 e. The van der Waals surface area contributed by atoms with E-state index < -0.39 is 6.04 Å². The predicted molar refractivity (Wildman–Crippen MR) is 67.8 cm³/mol. The van der Waals surface area contributed by atoms with E-state index in [2.05, 4.69) is 24.1 Å². The highest BCUT2D eigenvalue weighted by molar-refractivity contribution is 5.82. The van der Waals surface area contributed by atoms with Crippen LogP contribution in [0.3, 0.4) is 0 Å². The van der Waals surface area contributed by atoms with Gasteiger partial charge in [-0.15, -0.1) is 0 Å². The number of carbonyl (C=O) groups is 1. The van der Waals surface area contributed by atoms with Crippen LogP contribution in [-0.4, -0.2) is 73.7 Å². The minimum atomic E-state index is -0.445. The first kappa shape index (κ1) is 14.4. The molecular weight excluding hydrogens is 218 g/mol. The number of carbonyl (C=O) groups excluding carboxylic acids is 1. The van der Waals surface area contributed by atoms with E-state index in [1.165, 1.54) is 0 Å². The molecule has 1 amide bonds. The molecule has 1 rings (SSSR count). The van der Waals surface area contributed by atoms with E-state index in [-0.39, 0.29) is 17.9 Å². The van der Waals surface area contributed by atoms with E-state index in [1.54, 1.807) is 0 Å². The maximum Gasteiger partial charge on any atom is 0.242 e. The molecule has 1 heterocycles. The van der Waals surface area contributed by atoms with Crippen LogP contribution in [0, 0.1) is 5.41 Å². The van der Waals surface area contributed by atoms with Crippen molar-refractivity contribution >= 4 is 5.91 Å². The lowest BCUT2D eigenvalue weighted by Gasteiger charge is -2.30. The molecule has 0 aromatic carbocycles. The zero-order valence-electron chi connectivity index (χ0n) is 11.4. The lowest BCUT2D eigenvalue weighted by molar-refractivity contribution is -0.134. The van der Waals surface area contributed by atoms with Gasteiger partial charge in [-0.05, 0) is 19.5 Å². The van der Waals surface area contributed by atoms with Crippen LogP contribution in [-0.2, 0) is 4.79 Å². The minimum absolute atomic E-state index is 0.0138. The number of nitrogens with zero attached hydrogens (tertiary/aromatic N) is 2. The van der Waals surface area contributed by atoms with Crippen molar-refractivity contribution in [1.29, 1.82) is 0 Å². The molecule has 0 bridgehead atoms. The lowest BCUT2D eigenvalue weighted by Crippen LogP contribution is -2.47. The summed E-state index contributed by atoms with van der Waals surface area (Å²) in [6.07, 6.45) is 0. The Hall–Kier alpha value is -0.650. The Morgan fingerprint density at radius 1 is 1.53 bits per heavy atom. The summed E-state index contributed by atoms with van der Waals surface area (Å²) in [5, 5.41) is 12.4. The molecule has 0 aromatic heterocycles. The van der Waals surface area contributed by atoms with E-state index in [9.17, 15) is 9.90 Å². The van der Waals surface area contributed by atoms with Crippen LogP contribution in [0.5, 0.6) is 0 Å². The number of likely N-dealkylation sites (N-methyl/N-ethyl adjacent to an activating group) is 1. The molecule has 1 atom stereocenters. The topological polar surface area (TPSA) is 55.8 Å². The summed E-state index contributed by atoms with van der Waals surface area (Å²) in [6, 6.07) is -0.445. The first-order chi connectivity index (χ1) is 7.85. The summed E-state index contributed by atoms with van der Waals surface area (Å²) < 4.78 is 0. The molecule has 5 heteroatoms. The molecule has 0 aromatic rings. The number of aliphatic hydroxyl groups is 1. The zero-order valence-corrected chi connectivity index (χ0v) is 11.4. The highest BCUT2D eigenvalue weighted by Crippen LogP contribution is 2.19. The number of hydrogen-bond acceptors (Lipinski definition) is 4. The third-order valence-electron chi connectivity index (χ3n) is 3.06. The fourth-order valence-electron chi connectivity index (χ4n) is 2.01. The smallest absolute Gasteiger partial charge is 0.242 e. The van der Waals surface area contributed by atoms with Gasteiger partial charge in [0.1, 0.15) is 6.04 Å². The molecule has 1 aliphatic rings. The van der Waals surface area contributed by atoms with Crippen LogP contribution in [0.4, 0.5) is 0 Å². The van der Waals surface area contributed by atoms with Gasteiger partial charge in [0.25, 0.3) is 0 Å².